The van der Waals surface area contributed by atoms with Gasteiger partial charge in [-0.25, -0.2) is 0 Å². The van der Waals surface area contributed by atoms with Crippen molar-refractivity contribution in [3.05, 3.63) is 255 Å². The summed E-state index contributed by atoms with van der Waals surface area (Å²) in [6.07, 6.45) is 0. The first-order valence-electron chi connectivity index (χ1n) is 22.0. The molecular weight excluding hydrogens is 773 g/mol. The van der Waals surface area contributed by atoms with Crippen molar-refractivity contribution in [1.82, 2.24) is 4.57 Å². The first kappa shape index (κ1) is 37.3. The number of fused-ring (bicyclic) bond motifs is 5. The second-order valence-corrected chi connectivity index (χ2v) is 16.5. The lowest BCUT2D eigenvalue weighted by Gasteiger charge is -2.29. The predicted octanol–water partition coefficient (Wildman–Crippen LogP) is 17.2. The Bertz CT molecular complexity index is 3620. The van der Waals surface area contributed by atoms with Gasteiger partial charge in [0, 0.05) is 33.3 Å². The van der Waals surface area contributed by atoms with Crippen molar-refractivity contribution >= 4 is 60.4 Å². The molecule has 0 radical (unpaired) electrons. The van der Waals surface area contributed by atoms with Crippen LogP contribution in [0.2, 0.25) is 0 Å². The van der Waals surface area contributed by atoms with E-state index in [4.69, 9.17) is 0 Å². The lowest BCUT2D eigenvalue weighted by molar-refractivity contribution is 1.18. The number of hydrogen-bond acceptors (Lipinski definition) is 1. The van der Waals surface area contributed by atoms with Gasteiger partial charge in [-0.05, 0) is 116 Å². The molecule has 0 unspecified atom stereocenters. The van der Waals surface area contributed by atoms with Crippen LogP contribution >= 0.6 is 0 Å². The summed E-state index contributed by atoms with van der Waals surface area (Å²) in [5.41, 5.74) is 16.2. The van der Waals surface area contributed by atoms with Gasteiger partial charge in [-0.15, -0.1) is 0 Å². The Morgan fingerprint density at radius 3 is 1.50 bits per heavy atom. The van der Waals surface area contributed by atoms with Gasteiger partial charge in [0.2, 0.25) is 0 Å². The third kappa shape index (κ3) is 6.61. The van der Waals surface area contributed by atoms with Crippen LogP contribution in [0.3, 0.4) is 0 Å². The molecule has 2 heteroatoms. The average Bonchev–Trinajstić information content (AvgIpc) is 3.71. The minimum atomic E-state index is 1.09. The molecule has 12 aromatic rings. The Kier molecular flexibility index (Phi) is 9.20. The summed E-state index contributed by atoms with van der Waals surface area (Å²) in [4.78, 5) is 2.43. The fourth-order valence-corrected chi connectivity index (χ4v) is 9.63. The molecule has 0 saturated heterocycles. The molecule has 0 amide bonds. The predicted molar refractivity (Wildman–Crippen MR) is 272 cm³/mol. The van der Waals surface area contributed by atoms with E-state index in [1.54, 1.807) is 0 Å². The highest BCUT2D eigenvalue weighted by molar-refractivity contribution is 6.10. The number of anilines is 3. The van der Waals surface area contributed by atoms with Gasteiger partial charge in [0.25, 0.3) is 0 Å². The van der Waals surface area contributed by atoms with Crippen molar-refractivity contribution < 1.29 is 0 Å². The third-order valence-corrected chi connectivity index (χ3v) is 12.8. The van der Waals surface area contributed by atoms with Gasteiger partial charge in [0.05, 0.1) is 22.4 Å². The largest absolute Gasteiger partial charge is 0.310 e. The minimum Gasteiger partial charge on any atom is -0.310 e. The van der Waals surface area contributed by atoms with Crippen LogP contribution in [-0.4, -0.2) is 4.57 Å². The molecule has 300 valence electrons. The molecule has 2 nitrogen and oxygen atoms in total. The van der Waals surface area contributed by atoms with Crippen molar-refractivity contribution in [3.63, 3.8) is 0 Å². The highest BCUT2D eigenvalue weighted by atomic mass is 15.1. The summed E-state index contributed by atoms with van der Waals surface area (Å²) >= 11 is 0. The number of rotatable bonds is 8. The number of benzene rings is 11. The van der Waals surface area contributed by atoms with Crippen molar-refractivity contribution in [1.29, 1.82) is 0 Å². The lowest BCUT2D eigenvalue weighted by atomic mass is 9.94. The van der Waals surface area contributed by atoms with E-state index in [0.29, 0.717) is 0 Å². The molecule has 11 aromatic carbocycles. The fraction of sp³-hybridized carbons (Fsp3) is 0. The smallest absolute Gasteiger partial charge is 0.0541 e. The summed E-state index contributed by atoms with van der Waals surface area (Å²) in [6.45, 7) is 0. The normalized spacial score (nSPS) is 11.4. The van der Waals surface area contributed by atoms with E-state index in [9.17, 15) is 0 Å². The first-order valence-corrected chi connectivity index (χ1v) is 22.0. The second-order valence-electron chi connectivity index (χ2n) is 16.5. The SMILES string of the molecule is c1ccc(-c2cc(-c3ccccc3-n3c4ccccc4c4ccccc43)ccc2N(c2cccc(-c3ccc(-c4ccc5ccccc5c4)cc3)c2)c2ccc3ccccc3c2)cc1. The summed E-state index contributed by atoms with van der Waals surface area (Å²) in [6, 6.07) is 92.9. The van der Waals surface area contributed by atoms with E-state index >= 15 is 0 Å². The van der Waals surface area contributed by atoms with Crippen LogP contribution in [0, 0.1) is 0 Å². The van der Waals surface area contributed by atoms with Gasteiger partial charge in [0.15, 0.2) is 0 Å². The zero-order chi connectivity index (χ0) is 42.4. The number of nitrogens with zero attached hydrogens (tertiary/aromatic N) is 2. The molecule has 1 aromatic heterocycles. The molecule has 0 spiro atoms. The number of hydrogen-bond donors (Lipinski definition) is 0. The molecular formula is C62H42N2. The van der Waals surface area contributed by atoms with Crippen LogP contribution < -0.4 is 4.90 Å². The Labute approximate surface area is 373 Å². The summed E-state index contributed by atoms with van der Waals surface area (Å²) in [7, 11) is 0. The summed E-state index contributed by atoms with van der Waals surface area (Å²) < 4.78 is 2.43. The monoisotopic (exact) mass is 814 g/mol. The van der Waals surface area contributed by atoms with Gasteiger partial charge in [-0.3, -0.25) is 0 Å². The summed E-state index contributed by atoms with van der Waals surface area (Å²) in [5.74, 6) is 0. The average molecular weight is 815 g/mol. The van der Waals surface area contributed by atoms with Crippen LogP contribution in [0.1, 0.15) is 0 Å². The van der Waals surface area contributed by atoms with Crippen LogP contribution in [0.25, 0.3) is 93.5 Å². The van der Waals surface area contributed by atoms with Gasteiger partial charge in [0.1, 0.15) is 0 Å². The number of aromatic nitrogens is 1. The van der Waals surface area contributed by atoms with Gasteiger partial charge >= 0.3 is 0 Å². The topological polar surface area (TPSA) is 8.17 Å². The molecule has 0 bridgehead atoms. The second kappa shape index (κ2) is 15.8. The quantitative estimate of drug-likeness (QED) is 0.148. The van der Waals surface area contributed by atoms with E-state index < -0.39 is 0 Å². The minimum absolute atomic E-state index is 1.09. The Hall–Kier alpha value is -8.46. The third-order valence-electron chi connectivity index (χ3n) is 12.8. The maximum Gasteiger partial charge on any atom is 0.0541 e. The van der Waals surface area contributed by atoms with Crippen molar-refractivity contribution in [3.8, 4) is 50.2 Å². The van der Waals surface area contributed by atoms with Crippen LogP contribution in [0.5, 0.6) is 0 Å². The Morgan fingerprint density at radius 1 is 0.266 bits per heavy atom. The molecule has 1 heterocycles. The maximum atomic E-state index is 2.43. The zero-order valence-electron chi connectivity index (χ0n) is 35.1. The van der Waals surface area contributed by atoms with Gasteiger partial charge < -0.3 is 9.47 Å². The molecule has 0 saturated carbocycles. The van der Waals surface area contributed by atoms with Crippen LogP contribution in [-0.2, 0) is 0 Å². The van der Waals surface area contributed by atoms with Crippen molar-refractivity contribution in [2.24, 2.45) is 0 Å². The van der Waals surface area contributed by atoms with Gasteiger partial charge in [-0.2, -0.15) is 0 Å². The van der Waals surface area contributed by atoms with Crippen LogP contribution in [0.15, 0.2) is 255 Å². The highest BCUT2D eigenvalue weighted by Gasteiger charge is 2.21. The van der Waals surface area contributed by atoms with E-state index in [0.717, 1.165) is 45.0 Å². The molecule has 0 aliphatic heterocycles. The fourth-order valence-electron chi connectivity index (χ4n) is 9.63. The van der Waals surface area contributed by atoms with Crippen molar-refractivity contribution in [2.75, 3.05) is 4.90 Å². The standard InChI is InChI=1S/C62H42N2/c1-2-17-47(18-3-1)58-42-52(55-23-8-11-26-59(55)64-60-27-12-9-24-56(60)57-25-10-13-28-61(57)64)36-38-62(58)63(54-37-35-44-16-5-7-20-49(44)41-54)53-22-14-21-50(40-53)45-29-31-46(32-30-45)51-34-33-43-15-4-6-19-48(43)39-51/h1-42H. The van der Waals surface area contributed by atoms with E-state index in [-0.39, 0.29) is 0 Å². The Balaban J connectivity index is 1.01. The van der Waals surface area contributed by atoms with Crippen molar-refractivity contribution in [2.45, 2.75) is 0 Å². The molecule has 12 rings (SSSR count). The van der Waals surface area contributed by atoms with E-state index in [1.165, 1.54) is 65.6 Å². The zero-order valence-corrected chi connectivity index (χ0v) is 35.1. The van der Waals surface area contributed by atoms with E-state index in [1.807, 2.05) is 0 Å². The van der Waals surface area contributed by atoms with Crippen LogP contribution in [0.4, 0.5) is 17.1 Å². The molecule has 0 fully saturated rings. The van der Waals surface area contributed by atoms with Gasteiger partial charge in [-0.1, -0.05) is 194 Å². The molecule has 0 atom stereocenters. The molecule has 0 N–H and O–H groups in total. The lowest BCUT2D eigenvalue weighted by Crippen LogP contribution is -2.11. The van der Waals surface area contributed by atoms with E-state index in [2.05, 4.69) is 264 Å². The maximum absolute atomic E-state index is 2.43. The number of para-hydroxylation sites is 3. The molecule has 64 heavy (non-hydrogen) atoms. The molecule has 0 aliphatic rings. The molecule has 0 aliphatic carbocycles. The Morgan fingerprint density at radius 2 is 0.781 bits per heavy atom. The highest BCUT2D eigenvalue weighted by Crippen LogP contribution is 2.45. The summed E-state index contributed by atoms with van der Waals surface area (Å²) in [5, 5.41) is 7.42. The first-order chi connectivity index (χ1) is 31.7.